The van der Waals surface area contributed by atoms with Gasteiger partial charge >= 0.3 is 0 Å². The molecule has 2 heterocycles. The summed E-state index contributed by atoms with van der Waals surface area (Å²) in [7, 11) is 0. The SMILES string of the molecule is O=c1cc(CNCCCCCCNc2ccnc3cc(Cl)ccc23)n(C2CC2)cc1Oc1ccccc1. The molecule has 0 spiro atoms. The van der Waals surface area contributed by atoms with Crippen molar-refractivity contribution in [3.8, 4) is 11.5 Å². The lowest BCUT2D eigenvalue weighted by Gasteiger charge is -2.15. The molecule has 4 aromatic rings. The monoisotopic (exact) mass is 516 g/mol. The van der Waals surface area contributed by atoms with Crippen molar-refractivity contribution in [3.63, 3.8) is 0 Å². The number of unbranched alkanes of at least 4 members (excludes halogenated alkanes) is 3. The highest BCUT2D eigenvalue weighted by atomic mass is 35.5. The van der Waals surface area contributed by atoms with E-state index in [4.69, 9.17) is 16.3 Å². The van der Waals surface area contributed by atoms with Gasteiger partial charge in [-0.2, -0.15) is 0 Å². The number of nitrogens with one attached hydrogen (secondary N) is 2. The first-order valence-electron chi connectivity index (χ1n) is 13.1. The van der Waals surface area contributed by atoms with Crippen LogP contribution in [0.3, 0.4) is 0 Å². The second-order valence-electron chi connectivity index (χ2n) is 9.58. The number of hydrogen-bond donors (Lipinski definition) is 2. The predicted molar refractivity (Wildman–Crippen MR) is 151 cm³/mol. The highest BCUT2D eigenvalue weighted by Crippen LogP contribution is 2.36. The normalized spacial score (nSPS) is 13.1. The summed E-state index contributed by atoms with van der Waals surface area (Å²) in [6.07, 6.45) is 10.6. The van der Waals surface area contributed by atoms with Gasteiger partial charge in [-0.1, -0.05) is 42.6 Å². The van der Waals surface area contributed by atoms with Gasteiger partial charge in [0.25, 0.3) is 0 Å². The van der Waals surface area contributed by atoms with Crippen LogP contribution in [0.5, 0.6) is 11.5 Å². The van der Waals surface area contributed by atoms with Crippen molar-refractivity contribution in [2.24, 2.45) is 0 Å². The molecule has 192 valence electrons. The van der Waals surface area contributed by atoms with Gasteiger partial charge in [0.05, 0.1) is 11.7 Å². The summed E-state index contributed by atoms with van der Waals surface area (Å²) in [6.45, 7) is 2.56. The van der Waals surface area contributed by atoms with Crippen molar-refractivity contribution in [2.45, 2.75) is 51.1 Å². The van der Waals surface area contributed by atoms with Crippen LogP contribution >= 0.6 is 11.6 Å². The minimum Gasteiger partial charge on any atom is -0.452 e. The Morgan fingerprint density at radius 3 is 2.59 bits per heavy atom. The maximum atomic E-state index is 12.7. The standard InChI is InChI=1S/C30H33ClN4O2/c31-22-10-13-26-27(14-17-34-28(26)18-22)33-16-7-2-1-6-15-32-20-24-19-29(36)30(21-35(24)23-11-12-23)37-25-8-4-3-5-9-25/h3-5,8-10,13-14,17-19,21,23,32H,1-2,6-7,11-12,15-16,20H2,(H,33,34). The van der Waals surface area contributed by atoms with Crippen molar-refractivity contribution in [3.05, 3.63) is 94.0 Å². The largest absolute Gasteiger partial charge is 0.452 e. The van der Waals surface area contributed by atoms with Gasteiger partial charge in [-0.3, -0.25) is 9.78 Å². The molecule has 6 nitrogen and oxygen atoms in total. The van der Waals surface area contributed by atoms with E-state index in [0.717, 1.165) is 61.1 Å². The Bertz CT molecular complexity index is 1390. The van der Waals surface area contributed by atoms with Gasteiger partial charge in [-0.25, -0.2) is 0 Å². The van der Waals surface area contributed by atoms with E-state index >= 15 is 0 Å². The number of ether oxygens (including phenoxy) is 1. The Morgan fingerprint density at radius 2 is 1.78 bits per heavy atom. The molecule has 2 aromatic carbocycles. The van der Waals surface area contributed by atoms with Crippen LogP contribution in [0.25, 0.3) is 10.9 Å². The van der Waals surface area contributed by atoms with Gasteiger partial charge in [0.15, 0.2) is 5.75 Å². The lowest BCUT2D eigenvalue weighted by atomic mass is 10.1. The van der Waals surface area contributed by atoms with E-state index in [9.17, 15) is 4.79 Å². The first kappa shape index (κ1) is 25.3. The Balaban J connectivity index is 1.03. The van der Waals surface area contributed by atoms with Crippen LogP contribution in [0, 0.1) is 0 Å². The Labute approximate surface area is 222 Å². The molecule has 0 atom stereocenters. The Morgan fingerprint density at radius 1 is 0.973 bits per heavy atom. The number of nitrogens with zero attached hydrogens (tertiary/aromatic N) is 2. The zero-order chi connectivity index (χ0) is 25.5. The van der Waals surface area contributed by atoms with E-state index in [1.807, 2.05) is 67.0 Å². The third-order valence-electron chi connectivity index (χ3n) is 6.65. The van der Waals surface area contributed by atoms with Gasteiger partial charge in [0.2, 0.25) is 5.43 Å². The molecule has 0 aliphatic heterocycles. The van der Waals surface area contributed by atoms with Crippen LogP contribution in [0.15, 0.2) is 77.9 Å². The molecule has 0 saturated heterocycles. The van der Waals surface area contributed by atoms with E-state index in [2.05, 4.69) is 20.2 Å². The fourth-order valence-electron chi connectivity index (χ4n) is 4.54. The molecule has 2 aromatic heterocycles. The summed E-state index contributed by atoms with van der Waals surface area (Å²) in [5, 5.41) is 8.87. The second kappa shape index (κ2) is 12.3. The molecule has 2 N–H and O–H groups in total. The summed E-state index contributed by atoms with van der Waals surface area (Å²) >= 11 is 6.08. The molecular formula is C30H33ClN4O2. The molecule has 0 unspecified atom stereocenters. The van der Waals surface area contributed by atoms with Crippen LogP contribution < -0.4 is 20.8 Å². The second-order valence-corrected chi connectivity index (χ2v) is 10.0. The van der Waals surface area contributed by atoms with Crippen molar-refractivity contribution < 1.29 is 4.74 Å². The van der Waals surface area contributed by atoms with Crippen LogP contribution in [-0.2, 0) is 6.54 Å². The number of halogens is 1. The number of fused-ring (bicyclic) bond motifs is 1. The summed E-state index contributed by atoms with van der Waals surface area (Å²) in [4.78, 5) is 17.1. The van der Waals surface area contributed by atoms with Crippen LogP contribution in [-0.4, -0.2) is 22.6 Å². The molecule has 1 fully saturated rings. The van der Waals surface area contributed by atoms with Crippen molar-refractivity contribution >= 4 is 28.2 Å². The Hall–Kier alpha value is -3.35. The number of hydrogen-bond acceptors (Lipinski definition) is 5. The van der Waals surface area contributed by atoms with E-state index in [0.29, 0.717) is 29.1 Å². The number of pyridine rings is 2. The van der Waals surface area contributed by atoms with Crippen LogP contribution in [0.4, 0.5) is 5.69 Å². The van der Waals surface area contributed by atoms with E-state index in [1.165, 1.54) is 12.8 Å². The van der Waals surface area contributed by atoms with Crippen LogP contribution in [0.2, 0.25) is 5.02 Å². The molecule has 0 amide bonds. The van der Waals surface area contributed by atoms with Gasteiger partial charge in [-0.15, -0.1) is 0 Å². The number of para-hydroxylation sites is 1. The number of aromatic nitrogens is 2. The number of rotatable bonds is 13. The first-order chi connectivity index (χ1) is 18.2. The average molecular weight is 517 g/mol. The molecule has 1 aliphatic rings. The summed E-state index contributed by atoms with van der Waals surface area (Å²) in [5.41, 5.74) is 2.97. The maximum Gasteiger partial charge on any atom is 0.224 e. The van der Waals surface area contributed by atoms with E-state index < -0.39 is 0 Å². The van der Waals surface area contributed by atoms with E-state index in [-0.39, 0.29) is 5.43 Å². The molecule has 0 bridgehead atoms. The molecule has 1 aliphatic carbocycles. The minimum absolute atomic E-state index is 0.0740. The smallest absolute Gasteiger partial charge is 0.224 e. The predicted octanol–water partition coefficient (Wildman–Crippen LogP) is 6.94. The summed E-state index contributed by atoms with van der Waals surface area (Å²) in [5.74, 6) is 1.07. The van der Waals surface area contributed by atoms with Crippen molar-refractivity contribution in [2.75, 3.05) is 18.4 Å². The number of benzene rings is 2. The third kappa shape index (κ3) is 6.90. The third-order valence-corrected chi connectivity index (χ3v) is 6.88. The molecule has 37 heavy (non-hydrogen) atoms. The van der Waals surface area contributed by atoms with Gasteiger partial charge in [0.1, 0.15) is 5.75 Å². The fraction of sp³-hybridized carbons (Fsp3) is 0.333. The average Bonchev–Trinajstić information content (AvgIpc) is 3.75. The first-order valence-corrected chi connectivity index (χ1v) is 13.5. The van der Waals surface area contributed by atoms with Gasteiger partial charge < -0.3 is 19.9 Å². The molecule has 5 rings (SSSR count). The topological polar surface area (TPSA) is 68.2 Å². The van der Waals surface area contributed by atoms with E-state index in [1.54, 1.807) is 6.07 Å². The zero-order valence-electron chi connectivity index (χ0n) is 21.0. The highest BCUT2D eigenvalue weighted by Gasteiger charge is 2.25. The minimum atomic E-state index is -0.0740. The van der Waals surface area contributed by atoms with Crippen molar-refractivity contribution in [1.29, 1.82) is 0 Å². The maximum absolute atomic E-state index is 12.7. The quantitative estimate of drug-likeness (QED) is 0.188. The van der Waals surface area contributed by atoms with Crippen molar-refractivity contribution in [1.82, 2.24) is 14.9 Å². The molecule has 7 heteroatoms. The summed E-state index contributed by atoms with van der Waals surface area (Å²) < 4.78 is 8.08. The molecular weight excluding hydrogens is 484 g/mol. The van der Waals surface area contributed by atoms with Gasteiger partial charge in [-0.05, 0) is 68.6 Å². The number of anilines is 1. The lowest BCUT2D eigenvalue weighted by Crippen LogP contribution is -2.21. The molecule has 1 saturated carbocycles. The van der Waals surface area contributed by atoms with Crippen LogP contribution in [0.1, 0.15) is 50.3 Å². The Kier molecular flexibility index (Phi) is 8.39. The fourth-order valence-corrected chi connectivity index (χ4v) is 4.71. The lowest BCUT2D eigenvalue weighted by molar-refractivity contribution is 0.465. The summed E-state index contributed by atoms with van der Waals surface area (Å²) in [6, 6.07) is 19.5. The highest BCUT2D eigenvalue weighted by molar-refractivity contribution is 6.31. The zero-order valence-corrected chi connectivity index (χ0v) is 21.7. The molecule has 0 radical (unpaired) electrons. The van der Waals surface area contributed by atoms with Gasteiger partial charge in [0, 0.05) is 53.2 Å².